The first-order valence-corrected chi connectivity index (χ1v) is 13.4. The zero-order chi connectivity index (χ0) is 29.4. The summed E-state index contributed by atoms with van der Waals surface area (Å²) in [5, 5.41) is 20.6. The van der Waals surface area contributed by atoms with Crippen LogP contribution in [0.1, 0.15) is 54.7 Å². The Kier molecular flexibility index (Phi) is 9.84. The molecule has 4 rings (SSSR count). The van der Waals surface area contributed by atoms with Crippen LogP contribution < -0.4 is 4.74 Å². The van der Waals surface area contributed by atoms with Crippen molar-refractivity contribution in [2.45, 2.75) is 46.3 Å². The van der Waals surface area contributed by atoms with Crippen LogP contribution in [0.4, 0.5) is 8.78 Å². The number of nitrogens with one attached hydrogen (secondary N) is 1. The van der Waals surface area contributed by atoms with Crippen LogP contribution in [-0.2, 0) is 29.1 Å². The average molecular weight is 562 g/mol. The number of carboxylic acid groups (broad SMARTS) is 1. The van der Waals surface area contributed by atoms with Crippen molar-refractivity contribution in [1.82, 2.24) is 10.2 Å². The molecule has 0 aliphatic carbocycles. The largest absolute Gasteiger partial charge is 0.481 e. The molecule has 0 radical (unpaired) electrons. The van der Waals surface area contributed by atoms with E-state index in [1.165, 1.54) is 11.6 Å². The molecule has 1 aromatic heterocycles. The summed E-state index contributed by atoms with van der Waals surface area (Å²) in [5.41, 5.74) is 4.23. The van der Waals surface area contributed by atoms with Gasteiger partial charge in [-0.15, -0.1) is 0 Å². The highest BCUT2D eigenvalue weighted by molar-refractivity contribution is 6.00. The van der Waals surface area contributed by atoms with E-state index in [0.717, 1.165) is 35.2 Å². The minimum Gasteiger partial charge on any atom is -0.481 e. The van der Waals surface area contributed by atoms with Gasteiger partial charge in [0.15, 0.2) is 6.10 Å². The minimum atomic E-state index is -1.07. The second kappa shape index (κ2) is 13.7. The Morgan fingerprint density at radius 2 is 1.66 bits per heavy atom. The zero-order valence-electron chi connectivity index (χ0n) is 23.2. The fraction of sp³-hybridized carbons (Fsp3) is 0.281. The predicted octanol–water partition coefficient (Wildman–Crippen LogP) is 6.89. The summed E-state index contributed by atoms with van der Waals surface area (Å²) >= 11 is 0. The monoisotopic (exact) mass is 561 g/mol. The molecule has 0 fully saturated rings. The summed E-state index contributed by atoms with van der Waals surface area (Å²) in [5.74, 6) is -2.29. The third-order valence-electron chi connectivity index (χ3n) is 6.61. The number of oxime groups is 1. The van der Waals surface area contributed by atoms with Crippen molar-refractivity contribution in [3.63, 3.8) is 0 Å². The maximum absolute atomic E-state index is 13.8. The number of ether oxygens (including phenoxy) is 1. The number of aromatic amines is 1. The molecule has 0 aliphatic rings. The van der Waals surface area contributed by atoms with Gasteiger partial charge in [-0.05, 0) is 66.6 Å². The number of hydrogen-bond acceptors (Lipinski definition) is 5. The van der Waals surface area contributed by atoms with Gasteiger partial charge in [0.05, 0.1) is 11.9 Å². The first-order chi connectivity index (χ1) is 19.7. The molecule has 41 heavy (non-hydrogen) atoms. The van der Waals surface area contributed by atoms with Gasteiger partial charge >= 0.3 is 5.97 Å². The highest BCUT2D eigenvalue weighted by Gasteiger charge is 2.23. The molecule has 0 saturated heterocycles. The van der Waals surface area contributed by atoms with E-state index < -0.39 is 23.5 Å². The van der Waals surface area contributed by atoms with E-state index in [0.29, 0.717) is 11.7 Å². The fourth-order valence-electron chi connectivity index (χ4n) is 4.43. The maximum Gasteiger partial charge on any atom is 0.312 e. The second-order valence-electron chi connectivity index (χ2n) is 10.3. The van der Waals surface area contributed by atoms with Crippen LogP contribution in [0.5, 0.6) is 5.75 Å². The molecular weight excluding hydrogens is 528 g/mol. The van der Waals surface area contributed by atoms with Crippen molar-refractivity contribution in [2.24, 2.45) is 17.0 Å². The van der Waals surface area contributed by atoms with Crippen LogP contribution in [0.15, 0.2) is 84.3 Å². The summed E-state index contributed by atoms with van der Waals surface area (Å²) in [6.45, 7) is 5.67. The van der Waals surface area contributed by atoms with Crippen LogP contribution in [0, 0.1) is 23.5 Å². The predicted molar refractivity (Wildman–Crippen MR) is 152 cm³/mol. The van der Waals surface area contributed by atoms with Crippen LogP contribution in [0.25, 0.3) is 0 Å². The number of carbonyl (C=O) groups is 1. The fourth-order valence-corrected chi connectivity index (χ4v) is 4.43. The summed E-state index contributed by atoms with van der Waals surface area (Å²) < 4.78 is 33.3. The molecule has 0 aliphatic heterocycles. The summed E-state index contributed by atoms with van der Waals surface area (Å²) in [6.07, 6.45) is 4.32. The number of aliphatic carboxylic acids is 1. The smallest absolute Gasteiger partial charge is 0.312 e. The number of nitrogens with zero attached hydrogens (tertiary/aromatic N) is 2. The molecular formula is C32H33F2N3O4. The highest BCUT2D eigenvalue weighted by Crippen LogP contribution is 2.29. The third-order valence-corrected chi connectivity index (χ3v) is 6.61. The van der Waals surface area contributed by atoms with E-state index in [9.17, 15) is 18.7 Å². The van der Waals surface area contributed by atoms with Crippen molar-refractivity contribution in [3.8, 4) is 5.75 Å². The SMILES string of the molecule is CC(=NOCc1ccc(F)cc1F)C(Cc1ccc(OC(c2ccc(CC(C)C)cc2)c2cn[nH]c2)cc1)C(=O)O. The Morgan fingerprint density at radius 3 is 2.27 bits per heavy atom. The Hall–Kier alpha value is -4.53. The van der Waals surface area contributed by atoms with Crippen molar-refractivity contribution in [1.29, 1.82) is 0 Å². The molecule has 2 atom stereocenters. The number of hydrogen-bond donors (Lipinski definition) is 2. The van der Waals surface area contributed by atoms with Crippen molar-refractivity contribution in [2.75, 3.05) is 0 Å². The first-order valence-electron chi connectivity index (χ1n) is 13.4. The Labute approximate surface area is 237 Å². The first kappa shape index (κ1) is 29.5. The van der Waals surface area contributed by atoms with Crippen LogP contribution in [-0.4, -0.2) is 27.0 Å². The van der Waals surface area contributed by atoms with E-state index in [1.807, 2.05) is 12.1 Å². The summed E-state index contributed by atoms with van der Waals surface area (Å²) in [4.78, 5) is 17.2. The number of carboxylic acids is 1. The number of benzene rings is 3. The number of aromatic nitrogens is 2. The molecule has 2 N–H and O–H groups in total. The van der Waals surface area contributed by atoms with Gasteiger partial charge in [-0.2, -0.15) is 5.10 Å². The Morgan fingerprint density at radius 1 is 0.976 bits per heavy atom. The highest BCUT2D eigenvalue weighted by atomic mass is 19.1. The molecule has 3 aromatic carbocycles. The Bertz CT molecular complexity index is 1450. The molecule has 0 spiro atoms. The van der Waals surface area contributed by atoms with Crippen molar-refractivity contribution in [3.05, 3.63) is 119 Å². The third kappa shape index (κ3) is 8.23. The summed E-state index contributed by atoms with van der Waals surface area (Å²) in [6, 6.07) is 18.7. The van der Waals surface area contributed by atoms with Gasteiger partial charge in [0.25, 0.3) is 0 Å². The van der Waals surface area contributed by atoms with Gasteiger partial charge in [-0.25, -0.2) is 8.78 Å². The van der Waals surface area contributed by atoms with E-state index in [4.69, 9.17) is 9.57 Å². The van der Waals surface area contributed by atoms with Gasteiger partial charge in [0.1, 0.15) is 29.9 Å². The van der Waals surface area contributed by atoms with Crippen molar-refractivity contribution >= 4 is 11.7 Å². The lowest BCUT2D eigenvalue weighted by molar-refractivity contribution is -0.139. The lowest BCUT2D eigenvalue weighted by Crippen LogP contribution is -2.24. The quantitative estimate of drug-likeness (QED) is 0.137. The molecule has 0 amide bonds. The minimum absolute atomic E-state index is 0.116. The normalized spacial score (nSPS) is 13.2. The van der Waals surface area contributed by atoms with Gasteiger partial charge in [0, 0.05) is 23.4 Å². The van der Waals surface area contributed by atoms with E-state index >= 15 is 0 Å². The number of H-pyrrole nitrogens is 1. The molecule has 214 valence electrons. The standard InChI is InChI=1S/C32H33F2N3O4/c1-20(2)14-22-4-8-24(9-5-22)31(26-17-35-36-18-26)41-28-12-6-23(7-13-28)15-29(32(38)39)21(3)37-40-19-25-10-11-27(33)16-30(25)34/h4-13,16-18,20,29,31H,14-15,19H2,1-3H3,(H,35,36)(H,38,39). The molecule has 9 heteroatoms. The molecule has 0 saturated carbocycles. The molecule has 2 unspecified atom stereocenters. The zero-order valence-corrected chi connectivity index (χ0v) is 23.2. The van der Waals surface area contributed by atoms with E-state index in [-0.39, 0.29) is 30.4 Å². The van der Waals surface area contributed by atoms with Crippen LogP contribution in [0.3, 0.4) is 0 Å². The van der Waals surface area contributed by atoms with E-state index in [1.54, 1.807) is 31.5 Å². The number of rotatable bonds is 13. The van der Waals surface area contributed by atoms with Crippen molar-refractivity contribution < 1.29 is 28.3 Å². The molecule has 0 bridgehead atoms. The van der Waals surface area contributed by atoms with E-state index in [2.05, 4.69) is 53.5 Å². The van der Waals surface area contributed by atoms with Gasteiger partial charge in [-0.1, -0.05) is 55.4 Å². The average Bonchev–Trinajstić information content (AvgIpc) is 3.47. The van der Waals surface area contributed by atoms with Gasteiger partial charge < -0.3 is 14.7 Å². The lowest BCUT2D eigenvalue weighted by atomic mass is 9.95. The summed E-state index contributed by atoms with van der Waals surface area (Å²) in [7, 11) is 0. The second-order valence-corrected chi connectivity index (χ2v) is 10.3. The topological polar surface area (TPSA) is 96.8 Å². The van der Waals surface area contributed by atoms with Gasteiger partial charge in [-0.3, -0.25) is 9.89 Å². The Balaban J connectivity index is 1.42. The number of halogens is 2. The molecule has 4 aromatic rings. The molecule has 1 heterocycles. The van der Waals surface area contributed by atoms with Gasteiger partial charge in [0.2, 0.25) is 0 Å². The van der Waals surface area contributed by atoms with Crippen LogP contribution in [0.2, 0.25) is 0 Å². The maximum atomic E-state index is 13.8. The lowest BCUT2D eigenvalue weighted by Gasteiger charge is -2.19. The molecule has 7 nitrogen and oxygen atoms in total. The van der Waals surface area contributed by atoms with Crippen LogP contribution >= 0.6 is 0 Å².